The van der Waals surface area contributed by atoms with Gasteiger partial charge < -0.3 is 14.6 Å². The van der Waals surface area contributed by atoms with Crippen LogP contribution in [0.2, 0.25) is 0 Å². The third kappa shape index (κ3) is 6.05. The molecule has 0 bridgehead atoms. The van der Waals surface area contributed by atoms with Crippen LogP contribution >= 0.6 is 0 Å². The van der Waals surface area contributed by atoms with E-state index in [-0.39, 0.29) is 5.75 Å². The molecular formula is C31H35N5O4. The van der Waals surface area contributed by atoms with E-state index in [0.717, 1.165) is 28.6 Å². The Balaban J connectivity index is 1.72. The smallest absolute Gasteiger partial charge is 0.153 e. The summed E-state index contributed by atoms with van der Waals surface area (Å²) in [6.07, 6.45) is 0.964. The van der Waals surface area contributed by atoms with Crippen molar-refractivity contribution >= 4 is 39.2 Å². The Morgan fingerprint density at radius 1 is 0.775 bits per heavy atom. The van der Waals surface area contributed by atoms with Crippen molar-refractivity contribution in [1.82, 2.24) is 0 Å². The molecule has 0 heterocycles. The van der Waals surface area contributed by atoms with Gasteiger partial charge in [-0.15, -0.1) is 15.3 Å². The van der Waals surface area contributed by atoms with Crippen molar-refractivity contribution < 1.29 is 19.4 Å². The quantitative estimate of drug-likeness (QED) is 0.154. The van der Waals surface area contributed by atoms with Gasteiger partial charge in [0.1, 0.15) is 28.6 Å². The molecule has 40 heavy (non-hydrogen) atoms. The fourth-order valence-corrected chi connectivity index (χ4v) is 4.53. The lowest BCUT2D eigenvalue weighted by Crippen LogP contribution is -2.01. The molecule has 0 aromatic heterocycles. The van der Waals surface area contributed by atoms with Gasteiger partial charge >= 0.3 is 0 Å². The highest BCUT2D eigenvalue weighted by Crippen LogP contribution is 2.45. The fourth-order valence-electron chi connectivity index (χ4n) is 4.53. The Bertz CT molecular complexity index is 1600. The summed E-state index contributed by atoms with van der Waals surface area (Å²) in [5.74, 6) is 0.892. The number of fused-ring (bicyclic) bond motifs is 1. The first kappa shape index (κ1) is 28.5. The van der Waals surface area contributed by atoms with Gasteiger partial charge in [-0.05, 0) is 86.0 Å². The molecule has 208 valence electrons. The number of aromatic hydroxyl groups is 1. The summed E-state index contributed by atoms with van der Waals surface area (Å²) < 4.78 is 11.2. The molecule has 0 fully saturated rings. The molecule has 0 spiro atoms. The van der Waals surface area contributed by atoms with Crippen LogP contribution in [0.4, 0.5) is 28.4 Å². The van der Waals surface area contributed by atoms with Gasteiger partial charge in [-0.3, -0.25) is 10.3 Å². The van der Waals surface area contributed by atoms with Gasteiger partial charge in [-0.2, -0.15) is 5.11 Å². The van der Waals surface area contributed by atoms with Crippen LogP contribution in [0.15, 0.2) is 69.0 Å². The molecule has 2 N–H and O–H groups in total. The van der Waals surface area contributed by atoms with E-state index in [9.17, 15) is 5.11 Å². The van der Waals surface area contributed by atoms with Crippen molar-refractivity contribution in [2.24, 2.45) is 20.5 Å². The number of benzene rings is 4. The zero-order valence-corrected chi connectivity index (χ0v) is 24.0. The minimum absolute atomic E-state index is 0.00156. The van der Waals surface area contributed by atoms with Gasteiger partial charge in [0.25, 0.3) is 0 Å². The van der Waals surface area contributed by atoms with Crippen LogP contribution in [-0.2, 0) is 11.3 Å². The Hall–Kier alpha value is -4.50. The lowest BCUT2D eigenvalue weighted by Gasteiger charge is -2.14. The number of ether oxygens (including phenoxy) is 2. The number of phenols is 1. The monoisotopic (exact) mass is 541 g/mol. The summed E-state index contributed by atoms with van der Waals surface area (Å²) in [5.41, 5.74) is 9.81. The maximum atomic E-state index is 11.2. The van der Waals surface area contributed by atoms with E-state index in [4.69, 9.17) is 14.3 Å². The molecule has 9 nitrogen and oxygen atoms in total. The zero-order chi connectivity index (χ0) is 28.8. The van der Waals surface area contributed by atoms with Crippen molar-refractivity contribution in [3.63, 3.8) is 0 Å². The number of nitrogens with one attached hydrogen (secondary N) is 1. The number of hydrogen-bond donors (Lipinski definition) is 2. The highest BCUT2D eigenvalue weighted by molar-refractivity contribution is 6.02. The molecule has 0 atom stereocenters. The van der Waals surface area contributed by atoms with Crippen molar-refractivity contribution in [2.45, 2.75) is 41.0 Å². The first-order valence-corrected chi connectivity index (χ1v) is 13.1. The number of phenolic OH excluding ortho intramolecular Hbond substituents is 1. The summed E-state index contributed by atoms with van der Waals surface area (Å²) >= 11 is 0. The van der Waals surface area contributed by atoms with Crippen LogP contribution in [0.1, 0.15) is 36.1 Å². The Morgan fingerprint density at radius 2 is 1.45 bits per heavy atom. The van der Waals surface area contributed by atoms with E-state index in [2.05, 4.69) is 45.9 Å². The molecule has 4 rings (SSSR count). The van der Waals surface area contributed by atoms with Crippen LogP contribution in [0.3, 0.4) is 0 Å². The summed E-state index contributed by atoms with van der Waals surface area (Å²) in [7, 11) is 3.09. The standard InChI is InChI=1S/C31H35N5O4/c1-8-21-10-11-23(15-19(21)4)32-33-24-16-28(39-7)25(17-27(24)38-6)34-35-30-20(5)14-22-12-18(3)13-26(36-40-9-2)29(22)31(30)37/h10-17,36-37H,8-9H2,1-7H3. The first-order chi connectivity index (χ1) is 19.3. The van der Waals surface area contributed by atoms with E-state index < -0.39 is 0 Å². The summed E-state index contributed by atoms with van der Waals surface area (Å²) in [6, 6.07) is 15.3. The van der Waals surface area contributed by atoms with Gasteiger partial charge in [0, 0.05) is 12.1 Å². The summed E-state index contributed by atoms with van der Waals surface area (Å²) in [6.45, 7) is 10.4. The molecule has 0 radical (unpaired) electrons. The van der Waals surface area contributed by atoms with Gasteiger partial charge in [0.05, 0.1) is 37.6 Å². The molecule has 0 aliphatic carbocycles. The lowest BCUT2D eigenvalue weighted by molar-refractivity contribution is 0.211. The minimum Gasteiger partial charge on any atom is -0.505 e. The van der Waals surface area contributed by atoms with Crippen LogP contribution in [-0.4, -0.2) is 25.9 Å². The third-order valence-corrected chi connectivity index (χ3v) is 6.56. The van der Waals surface area contributed by atoms with E-state index in [1.54, 1.807) is 26.4 Å². The van der Waals surface area contributed by atoms with Gasteiger partial charge in [-0.1, -0.05) is 19.1 Å². The van der Waals surface area contributed by atoms with Crippen LogP contribution < -0.4 is 15.0 Å². The van der Waals surface area contributed by atoms with Gasteiger partial charge in [0.15, 0.2) is 5.75 Å². The van der Waals surface area contributed by atoms with Crippen LogP contribution in [0.25, 0.3) is 10.8 Å². The number of azo groups is 2. The maximum absolute atomic E-state index is 11.2. The topological polar surface area (TPSA) is 109 Å². The van der Waals surface area contributed by atoms with Crippen molar-refractivity contribution in [3.8, 4) is 17.2 Å². The molecule has 9 heteroatoms. The van der Waals surface area contributed by atoms with Gasteiger partial charge in [0.2, 0.25) is 0 Å². The number of anilines is 1. The first-order valence-electron chi connectivity index (χ1n) is 13.1. The number of hydrogen-bond acceptors (Lipinski definition) is 9. The average molecular weight is 542 g/mol. The molecule has 0 amide bonds. The number of aryl methyl sites for hydroxylation is 4. The fraction of sp³-hybridized carbons (Fsp3) is 0.290. The Morgan fingerprint density at radius 3 is 2.05 bits per heavy atom. The summed E-state index contributed by atoms with van der Waals surface area (Å²) in [4.78, 5) is 5.41. The van der Waals surface area contributed by atoms with E-state index >= 15 is 0 Å². The molecule has 0 saturated carbocycles. The van der Waals surface area contributed by atoms with Crippen molar-refractivity contribution in [3.05, 3.63) is 70.8 Å². The molecule has 4 aromatic carbocycles. The number of methoxy groups -OCH3 is 2. The SMILES string of the molecule is CCONc1cc(C)cc2cc(C)c(N=Nc3cc(OC)c(N=Nc4ccc(CC)c(C)c4)cc3OC)c(O)c12. The molecule has 0 aliphatic heterocycles. The Kier molecular flexibility index (Phi) is 8.96. The number of nitrogens with zero attached hydrogens (tertiary/aromatic N) is 4. The minimum atomic E-state index is 0.00156. The second-order valence-corrected chi connectivity index (χ2v) is 9.40. The second kappa shape index (κ2) is 12.6. The lowest BCUT2D eigenvalue weighted by atomic mass is 10.0. The molecule has 0 unspecified atom stereocenters. The molecular weight excluding hydrogens is 506 g/mol. The van der Waals surface area contributed by atoms with Crippen LogP contribution in [0, 0.1) is 20.8 Å². The maximum Gasteiger partial charge on any atom is 0.153 e. The normalized spacial score (nSPS) is 11.6. The van der Waals surface area contributed by atoms with Gasteiger partial charge in [-0.25, -0.2) is 0 Å². The second-order valence-electron chi connectivity index (χ2n) is 9.40. The predicted molar refractivity (Wildman–Crippen MR) is 159 cm³/mol. The third-order valence-electron chi connectivity index (χ3n) is 6.56. The van der Waals surface area contributed by atoms with E-state index in [0.29, 0.717) is 46.2 Å². The highest BCUT2D eigenvalue weighted by Gasteiger charge is 2.16. The molecule has 0 saturated heterocycles. The largest absolute Gasteiger partial charge is 0.505 e. The Labute approximate surface area is 234 Å². The zero-order valence-electron chi connectivity index (χ0n) is 24.0. The van der Waals surface area contributed by atoms with Crippen molar-refractivity contribution in [1.29, 1.82) is 0 Å². The predicted octanol–water partition coefficient (Wildman–Crippen LogP) is 9.24. The summed E-state index contributed by atoms with van der Waals surface area (Å²) in [5, 5.41) is 30.4. The van der Waals surface area contributed by atoms with Crippen molar-refractivity contribution in [2.75, 3.05) is 26.3 Å². The average Bonchev–Trinajstić information content (AvgIpc) is 2.94. The molecule has 4 aromatic rings. The van der Waals surface area contributed by atoms with Crippen LogP contribution in [0.5, 0.6) is 17.2 Å². The van der Waals surface area contributed by atoms with E-state index in [1.165, 1.54) is 11.1 Å². The highest BCUT2D eigenvalue weighted by atomic mass is 16.6. The number of rotatable bonds is 10. The molecule has 0 aliphatic rings. The van der Waals surface area contributed by atoms with E-state index in [1.807, 2.05) is 51.1 Å².